The molecule has 0 amide bonds. The summed E-state index contributed by atoms with van der Waals surface area (Å²) in [5.41, 5.74) is -0.651. The normalized spacial score (nSPS) is 49.9. The first-order valence-corrected chi connectivity index (χ1v) is 5.82. The minimum atomic E-state index is -0.509. The van der Waals surface area contributed by atoms with Gasteiger partial charge in [0.25, 0.3) is 0 Å². The minimum absolute atomic E-state index is 0.0586. The molecule has 2 fully saturated rings. The zero-order valence-corrected chi connectivity index (χ0v) is 10.1. The summed E-state index contributed by atoms with van der Waals surface area (Å²) in [6, 6.07) is 0. The van der Waals surface area contributed by atoms with Crippen LogP contribution in [0.25, 0.3) is 0 Å². The lowest BCUT2D eigenvalue weighted by atomic mass is 9.65. The molecule has 88 valence electrons. The van der Waals surface area contributed by atoms with Gasteiger partial charge >= 0.3 is 0 Å². The van der Waals surface area contributed by atoms with Crippen LogP contribution in [0.3, 0.4) is 0 Å². The lowest BCUT2D eigenvalue weighted by Gasteiger charge is -2.44. The molecule has 0 aromatic carbocycles. The van der Waals surface area contributed by atoms with Gasteiger partial charge in [0.2, 0.25) is 1.43 Å². The molecule has 0 spiro atoms. The van der Waals surface area contributed by atoms with Crippen LogP contribution >= 0.6 is 0 Å². The molecule has 1 unspecified atom stereocenters. The minimum Gasteiger partial charge on any atom is -0.386 e. The van der Waals surface area contributed by atoms with Gasteiger partial charge < -0.3 is 14.6 Å². The fourth-order valence-corrected chi connectivity index (χ4v) is 3.02. The van der Waals surface area contributed by atoms with Gasteiger partial charge in [0.1, 0.15) is 11.7 Å². The van der Waals surface area contributed by atoms with Crippen LogP contribution < -0.4 is 0 Å². The van der Waals surface area contributed by atoms with Crippen LogP contribution in [-0.4, -0.2) is 37.6 Å². The van der Waals surface area contributed by atoms with Crippen LogP contribution in [0.1, 0.15) is 40.0 Å². The highest BCUT2D eigenvalue weighted by atomic mass is 16.6. The van der Waals surface area contributed by atoms with Crippen molar-refractivity contribution in [2.75, 3.05) is 7.11 Å². The maximum absolute atomic E-state index is 7.49. The van der Waals surface area contributed by atoms with Crippen molar-refractivity contribution < 1.29 is 14.6 Å². The number of aliphatic hydroxyl groups is 1. The van der Waals surface area contributed by atoms with Crippen molar-refractivity contribution in [3.63, 3.8) is 0 Å². The van der Waals surface area contributed by atoms with E-state index in [1.807, 2.05) is 0 Å². The number of hydrogen-bond donors (Lipinski definition) is 1. The molecular formula is C12H22O3. The monoisotopic (exact) mass is 216 g/mol. The SMILES string of the molecule is [3H]O[C@]12CCC[C@H](OC)[C@H]1OC(C)C2(C)C. The molecule has 3 heteroatoms. The van der Waals surface area contributed by atoms with Crippen molar-refractivity contribution >= 4 is 0 Å². The van der Waals surface area contributed by atoms with Gasteiger partial charge in [-0.1, -0.05) is 13.8 Å². The van der Waals surface area contributed by atoms with Crippen LogP contribution in [0.4, 0.5) is 0 Å². The Morgan fingerprint density at radius 3 is 2.87 bits per heavy atom. The first-order valence-electron chi connectivity index (χ1n) is 6.23. The topological polar surface area (TPSA) is 38.7 Å². The van der Waals surface area contributed by atoms with Gasteiger partial charge in [0.05, 0.1) is 12.2 Å². The number of hydrogen-bond acceptors (Lipinski definition) is 3. The fraction of sp³-hybridized carbons (Fsp3) is 1.00. The van der Waals surface area contributed by atoms with Gasteiger partial charge in [0, 0.05) is 12.5 Å². The third-order valence-corrected chi connectivity index (χ3v) is 4.59. The molecule has 0 radical (unpaired) electrons. The zero-order chi connectivity index (χ0) is 12.0. The predicted octanol–water partition coefficient (Wildman–Crippen LogP) is 1.73. The van der Waals surface area contributed by atoms with Crippen LogP contribution in [0, 0.1) is 5.41 Å². The first-order chi connectivity index (χ1) is 7.49. The second-order valence-corrected chi connectivity index (χ2v) is 5.48. The molecule has 0 aromatic heterocycles. The van der Waals surface area contributed by atoms with Gasteiger partial charge in [-0.25, -0.2) is 0 Å². The van der Waals surface area contributed by atoms with Crippen molar-refractivity contribution in [1.29, 1.82) is 1.43 Å². The maximum Gasteiger partial charge on any atom is 0.211 e. The van der Waals surface area contributed by atoms with E-state index in [9.17, 15) is 0 Å². The first kappa shape index (κ1) is 10.1. The molecule has 0 aromatic rings. The van der Waals surface area contributed by atoms with E-state index in [2.05, 4.69) is 20.8 Å². The van der Waals surface area contributed by atoms with Crippen LogP contribution in [0.5, 0.6) is 0 Å². The number of methoxy groups -OCH3 is 1. The largest absolute Gasteiger partial charge is 0.386 e. The molecule has 0 bridgehead atoms. The summed E-state index contributed by atoms with van der Waals surface area (Å²) in [6.07, 6.45) is 2.97. The third-order valence-electron chi connectivity index (χ3n) is 4.59. The quantitative estimate of drug-likeness (QED) is 0.764. The van der Waals surface area contributed by atoms with Gasteiger partial charge in [0.15, 0.2) is 0 Å². The Hall–Kier alpha value is -0.120. The maximum atomic E-state index is 7.49. The standard InChI is InChI=1S/C12H22O3/c1-8-11(2,3)12(13)7-5-6-9(14-4)10(12)15-8/h8-10,13H,5-7H2,1-4H3/t8?,9-,10+,12+/m0/s1/i13T. The summed E-state index contributed by atoms with van der Waals surface area (Å²) >= 11 is 0. The molecule has 15 heavy (non-hydrogen) atoms. The molecule has 1 aliphatic carbocycles. The molecule has 1 saturated heterocycles. The van der Waals surface area contributed by atoms with E-state index in [-0.39, 0.29) is 23.7 Å². The van der Waals surface area contributed by atoms with E-state index >= 15 is 0 Å². The van der Waals surface area contributed by atoms with Gasteiger partial charge in [-0.2, -0.15) is 0 Å². The highest BCUT2D eigenvalue weighted by Crippen LogP contribution is 2.52. The Morgan fingerprint density at radius 2 is 2.27 bits per heavy atom. The summed E-state index contributed by atoms with van der Waals surface area (Å²) in [4.78, 5) is 0. The second kappa shape index (κ2) is 3.44. The van der Waals surface area contributed by atoms with Crippen molar-refractivity contribution in [1.82, 2.24) is 0 Å². The number of fused-ring (bicyclic) bond motifs is 1. The van der Waals surface area contributed by atoms with Crippen molar-refractivity contribution in [3.8, 4) is 0 Å². The van der Waals surface area contributed by atoms with Crippen LogP contribution in [-0.2, 0) is 9.47 Å². The summed E-state index contributed by atoms with van der Waals surface area (Å²) in [5, 5.41) is 5.17. The van der Waals surface area contributed by atoms with Crippen LogP contribution in [0.2, 0.25) is 0 Å². The van der Waals surface area contributed by atoms with Gasteiger partial charge in [-0.15, -0.1) is 0 Å². The van der Waals surface area contributed by atoms with Crippen LogP contribution in [0.15, 0.2) is 0 Å². The lowest BCUT2D eigenvalue weighted by molar-refractivity contribution is -0.153. The second-order valence-electron chi connectivity index (χ2n) is 5.48. The molecule has 4 atom stereocenters. The van der Waals surface area contributed by atoms with E-state index in [0.29, 0.717) is 0 Å². The van der Waals surface area contributed by atoms with E-state index < -0.39 is 5.60 Å². The third kappa shape index (κ3) is 1.37. The number of ether oxygens (including phenoxy) is 2. The van der Waals surface area contributed by atoms with Crippen molar-refractivity contribution in [2.45, 2.75) is 63.9 Å². The van der Waals surface area contributed by atoms with Crippen molar-refractivity contribution in [2.24, 2.45) is 5.41 Å². The van der Waals surface area contributed by atoms with E-state index in [1.54, 1.807) is 7.11 Å². The van der Waals surface area contributed by atoms with E-state index in [1.165, 1.54) is 0 Å². The summed E-state index contributed by atoms with van der Waals surface area (Å²) in [7, 11) is 1.71. The Labute approximate surface area is 93.3 Å². The summed E-state index contributed by atoms with van der Waals surface area (Å²) in [6.45, 7) is 6.32. The smallest absolute Gasteiger partial charge is 0.211 e. The highest BCUT2D eigenvalue weighted by Gasteiger charge is 2.62. The summed E-state index contributed by atoms with van der Waals surface area (Å²) in [5.74, 6) is 0. The molecule has 1 saturated carbocycles. The lowest BCUT2D eigenvalue weighted by Crippen LogP contribution is -2.56. The average Bonchev–Trinajstić information content (AvgIpc) is 2.48. The highest BCUT2D eigenvalue weighted by molar-refractivity contribution is 5.11. The van der Waals surface area contributed by atoms with Crippen molar-refractivity contribution in [3.05, 3.63) is 0 Å². The number of rotatable bonds is 2. The Bertz CT molecular complexity index is 269. The molecule has 2 aliphatic rings. The van der Waals surface area contributed by atoms with Gasteiger partial charge in [-0.3, -0.25) is 0 Å². The Morgan fingerprint density at radius 1 is 1.53 bits per heavy atom. The van der Waals surface area contributed by atoms with E-state index in [4.69, 9.17) is 16.0 Å². The average molecular weight is 216 g/mol. The molecule has 1 heterocycles. The Balaban J connectivity index is 2.37. The molecule has 2 rings (SSSR count). The Kier molecular flexibility index (Phi) is 2.31. The molecule has 3 nitrogen and oxygen atoms in total. The van der Waals surface area contributed by atoms with Gasteiger partial charge in [-0.05, 0) is 26.2 Å². The molecule has 1 aliphatic heterocycles. The van der Waals surface area contributed by atoms with E-state index in [0.717, 1.165) is 19.3 Å². The predicted molar refractivity (Wildman–Crippen MR) is 57.7 cm³/mol. The fourth-order valence-electron chi connectivity index (χ4n) is 3.02. The molecular weight excluding hydrogens is 192 g/mol. The molecule has 1 N–H and O–H groups in total. The zero-order valence-electron chi connectivity index (χ0n) is 11.1. The summed E-state index contributed by atoms with van der Waals surface area (Å²) < 4.78 is 19.0.